The third-order valence-electron chi connectivity index (χ3n) is 2.97. The Morgan fingerprint density at radius 3 is 2.80 bits per heavy atom. The van der Waals surface area contributed by atoms with Gasteiger partial charge in [-0.1, -0.05) is 0 Å². The van der Waals surface area contributed by atoms with Gasteiger partial charge in [0.25, 0.3) is 0 Å². The van der Waals surface area contributed by atoms with Crippen LogP contribution in [0.3, 0.4) is 0 Å². The van der Waals surface area contributed by atoms with Crippen molar-refractivity contribution in [3.8, 4) is 10.6 Å². The largest absolute Gasteiger partial charge is 0.465 e. The van der Waals surface area contributed by atoms with Crippen LogP contribution in [0.2, 0.25) is 0 Å². The molecule has 0 aromatic carbocycles. The maximum Gasteiger partial charge on any atom is 0.124 e. The lowest BCUT2D eigenvalue weighted by Crippen LogP contribution is -2.17. The molecule has 3 rings (SSSR count). The van der Waals surface area contributed by atoms with Gasteiger partial charge < -0.3 is 4.42 Å². The number of thiazole rings is 1. The lowest BCUT2D eigenvalue weighted by molar-refractivity contribution is 0.283. The molecule has 0 saturated heterocycles. The molecular weight excluding hydrogens is 288 g/mol. The van der Waals surface area contributed by atoms with Gasteiger partial charge in [0, 0.05) is 22.9 Å². The molecule has 3 aromatic heterocycles. The zero-order valence-corrected chi connectivity index (χ0v) is 13.1. The van der Waals surface area contributed by atoms with E-state index in [4.69, 9.17) is 9.40 Å². The lowest BCUT2D eigenvalue weighted by atomic mass is 10.3. The molecule has 0 fully saturated rings. The van der Waals surface area contributed by atoms with E-state index in [2.05, 4.69) is 34.2 Å². The number of rotatable bonds is 5. The van der Waals surface area contributed by atoms with Crippen LogP contribution in [-0.4, -0.2) is 16.9 Å². The molecule has 5 heteroatoms. The van der Waals surface area contributed by atoms with Gasteiger partial charge in [0.05, 0.1) is 12.2 Å². The second-order valence-electron chi connectivity index (χ2n) is 4.84. The fraction of sp³-hybridized carbons (Fsp3) is 0.267. The highest BCUT2D eigenvalue weighted by atomic mass is 32.1. The summed E-state index contributed by atoms with van der Waals surface area (Å²) in [6.07, 6.45) is 0. The molecule has 3 nitrogen and oxygen atoms in total. The fourth-order valence-electron chi connectivity index (χ4n) is 2.07. The van der Waals surface area contributed by atoms with Crippen molar-refractivity contribution < 1.29 is 4.42 Å². The van der Waals surface area contributed by atoms with Crippen molar-refractivity contribution in [1.29, 1.82) is 0 Å². The Balaban J connectivity index is 1.63. The highest BCUT2D eigenvalue weighted by molar-refractivity contribution is 7.14. The van der Waals surface area contributed by atoms with Crippen LogP contribution in [0.1, 0.15) is 17.2 Å². The molecular formula is C15H16N2OS2. The van der Waals surface area contributed by atoms with Gasteiger partial charge in [0.15, 0.2) is 0 Å². The Bertz CT molecular complexity index is 670. The minimum absolute atomic E-state index is 0.805. The normalized spacial score (nSPS) is 11.3. The number of aryl methyl sites for hydroxylation is 1. The summed E-state index contributed by atoms with van der Waals surface area (Å²) in [6.45, 7) is 3.61. The molecule has 0 aliphatic carbocycles. The molecule has 3 aromatic rings. The summed E-state index contributed by atoms with van der Waals surface area (Å²) in [5.74, 6) is 1.96. The molecule has 20 heavy (non-hydrogen) atoms. The number of hydrogen-bond acceptors (Lipinski definition) is 5. The predicted octanol–water partition coefficient (Wildman–Crippen LogP) is 4.41. The highest BCUT2D eigenvalue weighted by Crippen LogP contribution is 2.26. The standard InChI is InChI=1S/C15H16N2OS2/c1-11-3-4-14(18-11)8-17(2)7-13-10-20-15(16-13)12-5-6-19-9-12/h3-6,9-10H,7-8H2,1-2H3. The van der Waals surface area contributed by atoms with Crippen LogP contribution >= 0.6 is 22.7 Å². The van der Waals surface area contributed by atoms with Gasteiger partial charge in [-0.15, -0.1) is 11.3 Å². The van der Waals surface area contributed by atoms with E-state index in [1.54, 1.807) is 22.7 Å². The smallest absolute Gasteiger partial charge is 0.124 e. The Morgan fingerprint density at radius 2 is 2.10 bits per heavy atom. The third kappa shape index (κ3) is 3.17. The van der Waals surface area contributed by atoms with Gasteiger partial charge in [0.1, 0.15) is 16.5 Å². The average Bonchev–Trinajstić information content (AvgIpc) is 3.10. The zero-order chi connectivity index (χ0) is 13.9. The van der Waals surface area contributed by atoms with Crippen molar-refractivity contribution >= 4 is 22.7 Å². The topological polar surface area (TPSA) is 29.3 Å². The summed E-state index contributed by atoms with van der Waals surface area (Å²) in [7, 11) is 2.08. The minimum Gasteiger partial charge on any atom is -0.465 e. The highest BCUT2D eigenvalue weighted by Gasteiger charge is 2.09. The molecule has 0 radical (unpaired) electrons. The number of aromatic nitrogens is 1. The molecule has 0 N–H and O–H groups in total. The van der Waals surface area contributed by atoms with Gasteiger partial charge in [0.2, 0.25) is 0 Å². The van der Waals surface area contributed by atoms with E-state index in [0.717, 1.165) is 35.3 Å². The van der Waals surface area contributed by atoms with Crippen molar-refractivity contribution in [2.24, 2.45) is 0 Å². The average molecular weight is 304 g/mol. The molecule has 0 aliphatic heterocycles. The molecule has 0 atom stereocenters. The Morgan fingerprint density at radius 1 is 1.20 bits per heavy atom. The second-order valence-corrected chi connectivity index (χ2v) is 6.48. The van der Waals surface area contributed by atoms with E-state index >= 15 is 0 Å². The summed E-state index contributed by atoms with van der Waals surface area (Å²) in [5.41, 5.74) is 2.33. The van der Waals surface area contributed by atoms with Crippen molar-refractivity contribution in [3.63, 3.8) is 0 Å². The van der Waals surface area contributed by atoms with Crippen molar-refractivity contribution in [2.45, 2.75) is 20.0 Å². The van der Waals surface area contributed by atoms with E-state index in [-0.39, 0.29) is 0 Å². The number of furan rings is 1. The predicted molar refractivity (Wildman–Crippen MR) is 84.0 cm³/mol. The minimum atomic E-state index is 0.805. The Labute approximate surface area is 126 Å². The van der Waals surface area contributed by atoms with Crippen molar-refractivity contribution in [2.75, 3.05) is 7.05 Å². The van der Waals surface area contributed by atoms with Crippen LogP contribution in [0.25, 0.3) is 10.6 Å². The summed E-state index contributed by atoms with van der Waals surface area (Å²) in [5, 5.41) is 7.46. The van der Waals surface area contributed by atoms with Crippen molar-refractivity contribution in [3.05, 3.63) is 51.6 Å². The third-order valence-corrected chi connectivity index (χ3v) is 4.60. The van der Waals surface area contributed by atoms with Crippen molar-refractivity contribution in [1.82, 2.24) is 9.88 Å². The molecule has 0 unspecified atom stereocenters. The SMILES string of the molecule is Cc1ccc(CN(C)Cc2csc(-c3ccsc3)n2)o1. The first-order valence-electron chi connectivity index (χ1n) is 6.41. The van der Waals surface area contributed by atoms with E-state index in [1.165, 1.54) is 5.56 Å². The quantitative estimate of drug-likeness (QED) is 0.699. The van der Waals surface area contributed by atoms with Crippen LogP contribution in [-0.2, 0) is 13.1 Å². The molecule has 104 valence electrons. The van der Waals surface area contributed by atoms with Gasteiger partial charge >= 0.3 is 0 Å². The molecule has 0 saturated carbocycles. The van der Waals surface area contributed by atoms with Crippen LogP contribution < -0.4 is 0 Å². The number of thiophene rings is 1. The Kier molecular flexibility index (Phi) is 4.00. The first-order valence-corrected chi connectivity index (χ1v) is 8.24. The van der Waals surface area contributed by atoms with Crippen LogP contribution in [0.4, 0.5) is 0 Å². The molecule has 3 heterocycles. The van der Waals surface area contributed by atoms with Crippen LogP contribution in [0.5, 0.6) is 0 Å². The summed E-state index contributed by atoms with van der Waals surface area (Å²) >= 11 is 3.41. The summed E-state index contributed by atoms with van der Waals surface area (Å²) in [4.78, 5) is 6.91. The monoisotopic (exact) mass is 304 g/mol. The maximum absolute atomic E-state index is 5.60. The maximum atomic E-state index is 5.60. The first-order chi connectivity index (χ1) is 9.70. The molecule has 0 aliphatic rings. The van der Waals surface area contributed by atoms with Crippen LogP contribution in [0, 0.1) is 6.92 Å². The van der Waals surface area contributed by atoms with E-state index in [9.17, 15) is 0 Å². The van der Waals surface area contributed by atoms with Gasteiger partial charge in [-0.2, -0.15) is 11.3 Å². The Hall–Kier alpha value is -1.43. The molecule has 0 amide bonds. The fourth-order valence-corrected chi connectivity index (χ4v) is 3.59. The zero-order valence-electron chi connectivity index (χ0n) is 11.5. The number of nitrogens with zero attached hydrogens (tertiary/aromatic N) is 2. The van der Waals surface area contributed by atoms with E-state index < -0.39 is 0 Å². The molecule has 0 bridgehead atoms. The summed E-state index contributed by atoms with van der Waals surface area (Å²) in [6, 6.07) is 6.15. The van der Waals surface area contributed by atoms with Crippen LogP contribution in [0.15, 0.2) is 38.8 Å². The van der Waals surface area contributed by atoms with Gasteiger partial charge in [-0.25, -0.2) is 4.98 Å². The first kappa shape index (κ1) is 13.5. The second kappa shape index (κ2) is 5.91. The van der Waals surface area contributed by atoms with E-state index in [1.807, 2.05) is 19.1 Å². The van der Waals surface area contributed by atoms with Gasteiger partial charge in [-0.05, 0) is 37.6 Å². The van der Waals surface area contributed by atoms with Gasteiger partial charge in [-0.3, -0.25) is 4.90 Å². The molecule has 0 spiro atoms. The lowest BCUT2D eigenvalue weighted by Gasteiger charge is -2.13. The summed E-state index contributed by atoms with van der Waals surface area (Å²) < 4.78 is 5.60. The van der Waals surface area contributed by atoms with E-state index in [0.29, 0.717) is 0 Å². The number of hydrogen-bond donors (Lipinski definition) is 0.